The number of anilines is 1. The van der Waals surface area contributed by atoms with Crippen molar-refractivity contribution in [2.75, 3.05) is 18.0 Å². The Labute approximate surface area is 260 Å². The summed E-state index contributed by atoms with van der Waals surface area (Å²) in [6, 6.07) is 11.6. The Balaban J connectivity index is 2.15. The van der Waals surface area contributed by atoms with Crippen LogP contribution in [0.2, 0.25) is 5.02 Å². The summed E-state index contributed by atoms with van der Waals surface area (Å²) in [5.74, 6) is -1.70. The molecule has 44 heavy (non-hydrogen) atoms. The molecule has 0 fully saturated rings. The maximum absolute atomic E-state index is 14.2. The summed E-state index contributed by atoms with van der Waals surface area (Å²) >= 11 is 6.23. The molecular formula is C30H34ClFN4O7S. The maximum Gasteiger partial charge on any atom is 0.273 e. The first-order valence-electron chi connectivity index (χ1n) is 13.6. The highest BCUT2D eigenvalue weighted by Crippen LogP contribution is 2.36. The summed E-state index contributed by atoms with van der Waals surface area (Å²) in [6.45, 7) is 5.68. The van der Waals surface area contributed by atoms with E-state index in [1.165, 1.54) is 80.5 Å². The highest BCUT2D eigenvalue weighted by atomic mass is 35.5. The van der Waals surface area contributed by atoms with Crippen LogP contribution in [0.1, 0.15) is 38.3 Å². The van der Waals surface area contributed by atoms with E-state index >= 15 is 0 Å². The van der Waals surface area contributed by atoms with Crippen LogP contribution in [0.3, 0.4) is 0 Å². The monoisotopic (exact) mass is 648 g/mol. The minimum atomic E-state index is -4.66. The van der Waals surface area contributed by atoms with Crippen LogP contribution in [-0.4, -0.2) is 55.8 Å². The van der Waals surface area contributed by atoms with Crippen LogP contribution in [-0.2, 0) is 26.2 Å². The lowest BCUT2D eigenvalue weighted by Gasteiger charge is -2.32. The second-order valence-corrected chi connectivity index (χ2v) is 12.5. The third-order valence-corrected chi connectivity index (χ3v) is 9.08. The van der Waals surface area contributed by atoms with Gasteiger partial charge in [0.1, 0.15) is 24.2 Å². The molecule has 0 aromatic heterocycles. The molecular weight excluding hydrogens is 615 g/mol. The number of carbonyl (C=O) groups is 2. The second-order valence-electron chi connectivity index (χ2n) is 10.2. The summed E-state index contributed by atoms with van der Waals surface area (Å²) in [5.41, 5.74) is 0.203. The Morgan fingerprint density at radius 1 is 1.09 bits per heavy atom. The first kappa shape index (κ1) is 34.3. The minimum Gasteiger partial charge on any atom is -0.495 e. The molecule has 2 atom stereocenters. The molecule has 0 aliphatic carbocycles. The number of nitro benzene ring substituents is 1. The first-order chi connectivity index (χ1) is 20.7. The molecule has 0 aliphatic heterocycles. The number of nitrogens with zero attached hydrogens (tertiary/aromatic N) is 3. The Hall–Kier alpha value is -4.23. The number of nitrogens with one attached hydrogen (secondary N) is 1. The van der Waals surface area contributed by atoms with Crippen LogP contribution in [0.25, 0.3) is 0 Å². The van der Waals surface area contributed by atoms with Gasteiger partial charge < -0.3 is 15.0 Å². The summed E-state index contributed by atoms with van der Waals surface area (Å²) in [4.78, 5) is 38.9. The Bertz CT molecular complexity index is 1640. The van der Waals surface area contributed by atoms with E-state index in [1.807, 2.05) is 6.92 Å². The first-order valence-corrected chi connectivity index (χ1v) is 15.5. The third-order valence-electron chi connectivity index (χ3n) is 7.09. The van der Waals surface area contributed by atoms with Crippen LogP contribution >= 0.6 is 11.6 Å². The van der Waals surface area contributed by atoms with Gasteiger partial charge in [-0.05, 0) is 69.2 Å². The largest absolute Gasteiger partial charge is 0.495 e. The van der Waals surface area contributed by atoms with Crippen molar-refractivity contribution in [2.24, 2.45) is 0 Å². The molecule has 0 aliphatic rings. The molecule has 0 bridgehead atoms. The number of benzene rings is 3. The maximum atomic E-state index is 14.2. The van der Waals surface area contributed by atoms with Crippen LogP contribution in [0.5, 0.6) is 5.75 Å². The van der Waals surface area contributed by atoms with Crippen LogP contribution in [0, 0.1) is 22.9 Å². The number of halogens is 2. The van der Waals surface area contributed by atoms with E-state index in [2.05, 4.69) is 5.32 Å². The van der Waals surface area contributed by atoms with E-state index in [4.69, 9.17) is 16.3 Å². The molecule has 0 heterocycles. The van der Waals surface area contributed by atoms with E-state index in [0.29, 0.717) is 12.0 Å². The molecule has 2 amide bonds. The zero-order valence-corrected chi connectivity index (χ0v) is 26.5. The van der Waals surface area contributed by atoms with Crippen molar-refractivity contribution in [3.05, 3.63) is 92.7 Å². The lowest BCUT2D eigenvalue weighted by atomic mass is 10.1. The highest BCUT2D eigenvalue weighted by Gasteiger charge is 2.35. The third kappa shape index (κ3) is 8.03. The standard InChI is InChI=1S/C30H34ClFN4O7S/c1-6-20(3)33-30(38)21(4)34(17-22-8-11-24(32)12-9-22)29(37)18-35(27-15-23(31)10-14-28(27)43-5)44(41,42)25-13-7-19(2)26(16-25)36(39)40/h7-16,20-21H,6,17-18H2,1-5H3,(H,33,38)/t20-,21+/m0/s1. The number of ether oxygens (including phenoxy) is 1. The van der Waals surface area contributed by atoms with Gasteiger partial charge in [0.05, 0.1) is 22.6 Å². The van der Waals surface area contributed by atoms with Crippen molar-refractivity contribution in [1.29, 1.82) is 0 Å². The van der Waals surface area contributed by atoms with E-state index in [9.17, 15) is 32.5 Å². The lowest BCUT2D eigenvalue weighted by Crippen LogP contribution is -2.52. The van der Waals surface area contributed by atoms with Gasteiger partial charge in [-0.3, -0.25) is 24.0 Å². The molecule has 11 nitrogen and oxygen atoms in total. The number of amides is 2. The van der Waals surface area contributed by atoms with Gasteiger partial charge in [-0.25, -0.2) is 12.8 Å². The molecule has 236 valence electrons. The second kappa shape index (κ2) is 14.5. The molecule has 0 saturated heterocycles. The smallest absolute Gasteiger partial charge is 0.273 e. The van der Waals surface area contributed by atoms with E-state index in [-0.39, 0.29) is 34.6 Å². The van der Waals surface area contributed by atoms with Crippen LogP contribution < -0.4 is 14.4 Å². The minimum absolute atomic E-state index is 0.0556. The average molecular weight is 649 g/mol. The number of carbonyl (C=O) groups excluding carboxylic acids is 2. The lowest BCUT2D eigenvalue weighted by molar-refractivity contribution is -0.385. The zero-order valence-electron chi connectivity index (χ0n) is 24.9. The van der Waals surface area contributed by atoms with Crippen molar-refractivity contribution in [3.63, 3.8) is 0 Å². The summed E-state index contributed by atoms with van der Waals surface area (Å²) in [6.07, 6.45) is 0.633. The average Bonchev–Trinajstić information content (AvgIpc) is 2.98. The topological polar surface area (TPSA) is 139 Å². The zero-order chi connectivity index (χ0) is 32.8. The van der Waals surface area contributed by atoms with Crippen LogP contribution in [0.15, 0.2) is 65.6 Å². The molecule has 1 N–H and O–H groups in total. The van der Waals surface area contributed by atoms with E-state index in [0.717, 1.165) is 10.4 Å². The Morgan fingerprint density at radius 2 is 1.75 bits per heavy atom. The number of hydrogen-bond acceptors (Lipinski definition) is 7. The number of hydrogen-bond donors (Lipinski definition) is 1. The predicted octanol–water partition coefficient (Wildman–Crippen LogP) is 5.23. The molecule has 3 rings (SSSR count). The normalized spacial score (nSPS) is 12.6. The van der Waals surface area contributed by atoms with Gasteiger partial charge in [-0.2, -0.15) is 0 Å². The van der Waals surface area contributed by atoms with Crippen molar-refractivity contribution in [3.8, 4) is 5.75 Å². The molecule has 3 aromatic rings. The summed E-state index contributed by atoms with van der Waals surface area (Å²) in [7, 11) is -3.36. The van der Waals surface area contributed by atoms with E-state index in [1.54, 1.807) is 6.92 Å². The molecule has 0 unspecified atom stereocenters. The Kier molecular flexibility index (Phi) is 11.3. The van der Waals surface area contributed by atoms with Crippen molar-refractivity contribution >= 4 is 44.8 Å². The van der Waals surface area contributed by atoms with E-state index < -0.39 is 55.7 Å². The number of rotatable bonds is 13. The Morgan fingerprint density at radius 3 is 2.34 bits per heavy atom. The van der Waals surface area contributed by atoms with Gasteiger partial charge >= 0.3 is 0 Å². The SMILES string of the molecule is CC[C@H](C)NC(=O)[C@@H](C)N(Cc1ccc(F)cc1)C(=O)CN(c1cc(Cl)ccc1OC)S(=O)(=O)c1ccc(C)c([N+](=O)[O-])c1. The van der Waals surface area contributed by atoms with Crippen LogP contribution in [0.4, 0.5) is 15.8 Å². The van der Waals surface area contributed by atoms with Gasteiger partial charge in [-0.15, -0.1) is 0 Å². The van der Waals surface area contributed by atoms with Gasteiger partial charge in [0.2, 0.25) is 11.8 Å². The fourth-order valence-electron chi connectivity index (χ4n) is 4.28. The molecule has 14 heteroatoms. The number of sulfonamides is 1. The summed E-state index contributed by atoms with van der Waals surface area (Å²) < 4.78 is 48.1. The fraction of sp³-hybridized carbons (Fsp3) is 0.333. The molecule has 0 radical (unpaired) electrons. The molecule has 3 aromatic carbocycles. The van der Waals surface area contributed by atoms with Gasteiger partial charge in [-0.1, -0.05) is 36.7 Å². The number of nitro groups is 1. The van der Waals surface area contributed by atoms with Gasteiger partial charge in [0.15, 0.2) is 0 Å². The fourth-order valence-corrected chi connectivity index (χ4v) is 5.88. The van der Waals surface area contributed by atoms with Crippen molar-refractivity contribution in [1.82, 2.24) is 10.2 Å². The van der Waals surface area contributed by atoms with Crippen molar-refractivity contribution in [2.45, 2.75) is 57.6 Å². The summed E-state index contributed by atoms with van der Waals surface area (Å²) in [5, 5.41) is 14.6. The quantitative estimate of drug-likeness (QED) is 0.198. The van der Waals surface area contributed by atoms with Crippen molar-refractivity contribution < 1.29 is 32.1 Å². The number of aryl methyl sites for hydroxylation is 1. The molecule has 0 spiro atoms. The molecule has 0 saturated carbocycles. The van der Waals surface area contributed by atoms with Gasteiger partial charge in [0.25, 0.3) is 15.7 Å². The predicted molar refractivity (Wildman–Crippen MR) is 165 cm³/mol. The van der Waals surface area contributed by atoms with Gasteiger partial charge in [0, 0.05) is 29.2 Å². The number of methoxy groups -OCH3 is 1. The highest BCUT2D eigenvalue weighted by molar-refractivity contribution is 7.92.